The zero-order valence-corrected chi connectivity index (χ0v) is 24.0. The predicted molar refractivity (Wildman–Crippen MR) is 144 cm³/mol. The van der Waals surface area contributed by atoms with Gasteiger partial charge < -0.3 is 28.8 Å². The third-order valence-corrected chi connectivity index (χ3v) is 8.45. The van der Waals surface area contributed by atoms with Crippen LogP contribution in [0.25, 0.3) is 0 Å². The lowest BCUT2D eigenvalue weighted by Gasteiger charge is -2.43. The summed E-state index contributed by atoms with van der Waals surface area (Å²) >= 11 is 0. The first-order chi connectivity index (χ1) is 17.9. The highest BCUT2D eigenvalue weighted by molar-refractivity contribution is 5.91. The summed E-state index contributed by atoms with van der Waals surface area (Å²) in [7, 11) is 4.46. The SMILES string of the molecule is CC=C(C)C(=O)O[C@H]1C[C@](O)(C(C)C)[C@H]2[C@H](OC(=O)c3cc(OC)c(OC)c(OC)c3)CC(C)=CC[C@@]12C. The number of carbonyl (C=O) groups excluding carboxylic acids is 2. The maximum absolute atomic E-state index is 13.6. The molecule has 8 heteroatoms. The Hall–Kier alpha value is -3.00. The number of methoxy groups -OCH3 is 3. The van der Waals surface area contributed by atoms with Crippen molar-refractivity contribution in [3.05, 3.63) is 41.0 Å². The van der Waals surface area contributed by atoms with Gasteiger partial charge in [0.05, 0.1) is 32.5 Å². The first-order valence-corrected chi connectivity index (χ1v) is 13.1. The first-order valence-electron chi connectivity index (χ1n) is 13.1. The van der Waals surface area contributed by atoms with E-state index in [9.17, 15) is 14.7 Å². The average Bonchev–Trinajstić information content (AvgIpc) is 3.02. The third kappa shape index (κ3) is 5.28. The molecule has 2 aliphatic rings. The number of benzene rings is 1. The van der Waals surface area contributed by atoms with Crippen LogP contribution in [0.15, 0.2) is 35.4 Å². The molecule has 38 heavy (non-hydrogen) atoms. The fourth-order valence-electron chi connectivity index (χ4n) is 5.97. The highest BCUT2D eigenvalue weighted by atomic mass is 16.6. The molecule has 0 radical (unpaired) electrons. The van der Waals surface area contributed by atoms with E-state index in [1.165, 1.54) is 21.3 Å². The zero-order chi connectivity index (χ0) is 28.4. The highest BCUT2D eigenvalue weighted by Gasteiger charge is 2.65. The van der Waals surface area contributed by atoms with Gasteiger partial charge in [0, 0.05) is 29.7 Å². The van der Waals surface area contributed by atoms with Gasteiger partial charge in [-0.05, 0) is 45.2 Å². The normalized spacial score (nSPS) is 29.2. The second-order valence-corrected chi connectivity index (χ2v) is 11.0. The van der Waals surface area contributed by atoms with Crippen molar-refractivity contribution in [3.8, 4) is 17.2 Å². The fraction of sp³-hybridized carbons (Fsp3) is 0.600. The van der Waals surface area contributed by atoms with E-state index < -0.39 is 41.1 Å². The molecule has 0 saturated heterocycles. The molecular weight excluding hydrogens is 488 g/mol. The van der Waals surface area contributed by atoms with Gasteiger partial charge in [0.2, 0.25) is 5.75 Å². The second kappa shape index (κ2) is 11.4. The van der Waals surface area contributed by atoms with Crippen LogP contribution in [0.1, 0.15) is 71.2 Å². The Morgan fingerprint density at radius 3 is 2.18 bits per heavy atom. The smallest absolute Gasteiger partial charge is 0.338 e. The number of aliphatic hydroxyl groups is 1. The number of ether oxygens (including phenoxy) is 5. The quantitative estimate of drug-likeness (QED) is 0.276. The summed E-state index contributed by atoms with van der Waals surface area (Å²) in [5.74, 6) is -0.558. The van der Waals surface area contributed by atoms with Gasteiger partial charge in [-0.25, -0.2) is 9.59 Å². The van der Waals surface area contributed by atoms with Crippen LogP contribution in [0.5, 0.6) is 17.2 Å². The summed E-state index contributed by atoms with van der Waals surface area (Å²) in [4.78, 5) is 26.3. The van der Waals surface area contributed by atoms with Gasteiger partial charge >= 0.3 is 11.9 Å². The lowest BCUT2D eigenvalue weighted by molar-refractivity contribution is -0.151. The van der Waals surface area contributed by atoms with E-state index in [0.29, 0.717) is 35.7 Å². The highest BCUT2D eigenvalue weighted by Crippen LogP contribution is 2.59. The molecule has 1 aromatic rings. The van der Waals surface area contributed by atoms with Crippen LogP contribution in [0.2, 0.25) is 0 Å². The Labute approximate surface area is 225 Å². The van der Waals surface area contributed by atoms with Crippen LogP contribution in [0.4, 0.5) is 0 Å². The van der Waals surface area contributed by atoms with E-state index in [1.807, 2.05) is 27.7 Å². The number of allylic oxidation sites excluding steroid dienone is 2. The average molecular weight is 531 g/mol. The molecule has 1 saturated carbocycles. The van der Waals surface area contributed by atoms with E-state index in [4.69, 9.17) is 23.7 Å². The van der Waals surface area contributed by atoms with Crippen LogP contribution in [0, 0.1) is 17.3 Å². The molecule has 1 fully saturated rings. The molecule has 210 valence electrons. The molecule has 8 nitrogen and oxygen atoms in total. The third-order valence-electron chi connectivity index (χ3n) is 8.45. The minimum atomic E-state index is -1.22. The van der Waals surface area contributed by atoms with E-state index in [0.717, 1.165) is 5.57 Å². The molecule has 3 rings (SSSR count). The Balaban J connectivity index is 2.04. The van der Waals surface area contributed by atoms with Crippen molar-refractivity contribution in [1.82, 2.24) is 0 Å². The number of esters is 2. The Morgan fingerprint density at radius 1 is 1.08 bits per heavy atom. The number of fused-ring (bicyclic) bond motifs is 1. The number of rotatable bonds is 8. The molecule has 1 aromatic carbocycles. The van der Waals surface area contributed by atoms with Gasteiger partial charge in [0.25, 0.3) is 0 Å². The van der Waals surface area contributed by atoms with Crippen molar-refractivity contribution < 1.29 is 38.4 Å². The molecule has 0 bridgehead atoms. The van der Waals surface area contributed by atoms with Gasteiger partial charge in [-0.1, -0.05) is 38.5 Å². The van der Waals surface area contributed by atoms with Crippen molar-refractivity contribution in [3.63, 3.8) is 0 Å². The monoisotopic (exact) mass is 530 g/mol. The molecule has 0 aromatic heterocycles. The van der Waals surface area contributed by atoms with Crippen molar-refractivity contribution in [2.75, 3.05) is 21.3 Å². The number of hydrogen-bond acceptors (Lipinski definition) is 8. The molecule has 0 amide bonds. The minimum absolute atomic E-state index is 0.167. The van der Waals surface area contributed by atoms with E-state index in [-0.39, 0.29) is 17.9 Å². The van der Waals surface area contributed by atoms with Gasteiger partial charge in [-0.2, -0.15) is 0 Å². The molecule has 0 aliphatic heterocycles. The Kier molecular flexibility index (Phi) is 8.86. The lowest BCUT2D eigenvalue weighted by Crippen LogP contribution is -2.50. The Bertz CT molecular complexity index is 1090. The first kappa shape index (κ1) is 29.6. The number of carbonyl (C=O) groups is 2. The van der Waals surface area contributed by atoms with Crippen LogP contribution in [-0.4, -0.2) is 56.2 Å². The summed E-state index contributed by atoms with van der Waals surface area (Å²) in [6, 6.07) is 3.10. The van der Waals surface area contributed by atoms with Gasteiger partial charge in [-0.15, -0.1) is 0 Å². The maximum Gasteiger partial charge on any atom is 0.338 e. The van der Waals surface area contributed by atoms with Crippen molar-refractivity contribution >= 4 is 11.9 Å². The maximum atomic E-state index is 13.6. The second-order valence-electron chi connectivity index (χ2n) is 11.0. The van der Waals surface area contributed by atoms with Crippen LogP contribution in [-0.2, 0) is 14.3 Å². The van der Waals surface area contributed by atoms with Gasteiger partial charge in [0.15, 0.2) is 11.5 Å². The Morgan fingerprint density at radius 2 is 1.68 bits per heavy atom. The summed E-state index contributed by atoms with van der Waals surface area (Å²) in [5.41, 5.74) is -0.0759. The largest absolute Gasteiger partial charge is 0.493 e. The van der Waals surface area contributed by atoms with Gasteiger partial charge in [-0.3, -0.25) is 0 Å². The fourth-order valence-corrected chi connectivity index (χ4v) is 5.97. The van der Waals surface area contributed by atoms with E-state index in [2.05, 4.69) is 6.08 Å². The van der Waals surface area contributed by atoms with E-state index in [1.54, 1.807) is 32.1 Å². The molecule has 5 atom stereocenters. The summed E-state index contributed by atoms with van der Waals surface area (Å²) < 4.78 is 28.4. The topological polar surface area (TPSA) is 101 Å². The van der Waals surface area contributed by atoms with Crippen LogP contribution >= 0.6 is 0 Å². The summed E-state index contributed by atoms with van der Waals surface area (Å²) in [5, 5.41) is 12.1. The molecule has 0 unspecified atom stereocenters. The zero-order valence-electron chi connectivity index (χ0n) is 24.0. The van der Waals surface area contributed by atoms with Crippen LogP contribution < -0.4 is 14.2 Å². The minimum Gasteiger partial charge on any atom is -0.493 e. The summed E-state index contributed by atoms with van der Waals surface area (Å²) in [6.45, 7) is 11.4. The molecule has 0 heterocycles. The van der Waals surface area contributed by atoms with Crippen molar-refractivity contribution in [2.45, 2.75) is 78.6 Å². The lowest BCUT2D eigenvalue weighted by atomic mass is 9.67. The molecule has 2 aliphatic carbocycles. The summed E-state index contributed by atoms with van der Waals surface area (Å²) in [6.07, 6.45) is 3.93. The molecule has 1 N–H and O–H groups in total. The predicted octanol–water partition coefficient (Wildman–Crippen LogP) is 5.27. The standard InChI is InChI=1S/C30H42O8/c1-10-19(5)27(31)38-24-16-30(33,17(2)3)26-23(13-18(4)11-12-29(24,26)6)37-28(32)20-14-21(34-7)25(36-9)22(15-20)35-8/h10-11,14-15,17,23-24,26,33H,12-13,16H2,1-9H3/t23-,24+,26+,29+,30+/m1/s1. The van der Waals surface area contributed by atoms with Crippen LogP contribution in [0.3, 0.4) is 0 Å². The van der Waals surface area contributed by atoms with Crippen molar-refractivity contribution in [2.24, 2.45) is 17.3 Å². The van der Waals surface area contributed by atoms with Crippen molar-refractivity contribution in [1.29, 1.82) is 0 Å². The number of hydrogen-bond donors (Lipinski definition) is 1. The molecular formula is C30H42O8. The van der Waals surface area contributed by atoms with Gasteiger partial charge in [0.1, 0.15) is 12.2 Å². The molecule has 0 spiro atoms. The van der Waals surface area contributed by atoms with E-state index >= 15 is 0 Å².